The van der Waals surface area contributed by atoms with Crippen molar-refractivity contribution in [2.45, 2.75) is 0 Å². The number of anilines is 2. The zero-order valence-corrected chi connectivity index (χ0v) is 15.9. The highest BCUT2D eigenvalue weighted by Gasteiger charge is 2.10. The molecule has 0 amide bonds. The van der Waals surface area contributed by atoms with Crippen LogP contribution in [0.15, 0.2) is 101 Å². The first kappa shape index (κ1) is 17.1. The number of rotatable bonds is 4. The summed E-state index contributed by atoms with van der Waals surface area (Å²) >= 11 is 0. The van der Waals surface area contributed by atoms with E-state index in [4.69, 9.17) is 0 Å². The molecule has 5 aromatic rings. The Morgan fingerprint density at radius 3 is 2.38 bits per heavy atom. The van der Waals surface area contributed by atoms with Gasteiger partial charge < -0.3 is 9.88 Å². The molecule has 0 atom stereocenters. The molecule has 0 aliphatic rings. The van der Waals surface area contributed by atoms with E-state index in [0.29, 0.717) is 5.95 Å². The Labute approximate surface area is 168 Å². The maximum Gasteiger partial charge on any atom is 0.250 e. The van der Waals surface area contributed by atoms with Crippen LogP contribution in [-0.2, 0) is 7.05 Å². The van der Waals surface area contributed by atoms with E-state index in [2.05, 4.69) is 38.7 Å². The molecule has 140 valence electrons. The quantitative estimate of drug-likeness (QED) is 0.347. The molecular formula is C24H19N5. The van der Waals surface area contributed by atoms with Gasteiger partial charge in [-0.05, 0) is 35.7 Å². The Morgan fingerprint density at radius 2 is 1.52 bits per heavy atom. The van der Waals surface area contributed by atoms with E-state index >= 15 is 0 Å². The molecule has 5 nitrogen and oxygen atoms in total. The summed E-state index contributed by atoms with van der Waals surface area (Å²) in [7, 11) is 1.95. The summed E-state index contributed by atoms with van der Waals surface area (Å²) < 4.78 is 1.95. The standard InChI is InChI=1S/C24H19N5/c1-29-22-14-8-7-13-20(22)26-24(29)28-27-23-19-12-6-5-9-17(19)15-16-21(23)25-18-10-3-2-4-11-18/h2-16,25H,1H3. The summed E-state index contributed by atoms with van der Waals surface area (Å²) in [4.78, 5) is 4.60. The molecule has 29 heavy (non-hydrogen) atoms. The lowest BCUT2D eigenvalue weighted by Crippen LogP contribution is -1.91. The summed E-state index contributed by atoms with van der Waals surface area (Å²) in [5.41, 5.74) is 4.63. The molecule has 0 spiro atoms. The van der Waals surface area contributed by atoms with E-state index in [0.717, 1.165) is 38.9 Å². The van der Waals surface area contributed by atoms with Crippen LogP contribution in [0.4, 0.5) is 23.0 Å². The van der Waals surface area contributed by atoms with Crippen LogP contribution in [0.5, 0.6) is 0 Å². The molecule has 0 saturated carbocycles. The maximum absolute atomic E-state index is 4.64. The normalized spacial score (nSPS) is 11.5. The number of para-hydroxylation sites is 3. The third-order valence-electron chi connectivity index (χ3n) is 4.96. The van der Waals surface area contributed by atoms with Crippen molar-refractivity contribution >= 4 is 44.8 Å². The van der Waals surface area contributed by atoms with Crippen LogP contribution in [0.25, 0.3) is 21.8 Å². The van der Waals surface area contributed by atoms with Gasteiger partial charge in [0.1, 0.15) is 5.69 Å². The van der Waals surface area contributed by atoms with Gasteiger partial charge in [-0.15, -0.1) is 10.2 Å². The smallest absolute Gasteiger partial charge is 0.250 e. The number of fused-ring (bicyclic) bond motifs is 2. The fourth-order valence-corrected chi connectivity index (χ4v) is 3.46. The van der Waals surface area contributed by atoms with Crippen molar-refractivity contribution in [2.24, 2.45) is 17.3 Å². The first-order valence-electron chi connectivity index (χ1n) is 9.46. The number of imidazole rings is 1. The number of hydrogen-bond donors (Lipinski definition) is 1. The number of hydrogen-bond acceptors (Lipinski definition) is 4. The van der Waals surface area contributed by atoms with Crippen LogP contribution < -0.4 is 5.32 Å². The first-order chi connectivity index (χ1) is 14.3. The third-order valence-corrected chi connectivity index (χ3v) is 4.96. The van der Waals surface area contributed by atoms with Crippen LogP contribution in [0, 0.1) is 0 Å². The number of azo groups is 1. The second-order valence-electron chi connectivity index (χ2n) is 6.83. The lowest BCUT2D eigenvalue weighted by Gasteiger charge is -2.11. The summed E-state index contributed by atoms with van der Waals surface area (Å²) in [6.45, 7) is 0. The first-order valence-corrected chi connectivity index (χ1v) is 9.46. The topological polar surface area (TPSA) is 54.6 Å². The minimum absolute atomic E-state index is 0.574. The molecule has 0 aliphatic carbocycles. The Kier molecular flexibility index (Phi) is 4.26. The molecular weight excluding hydrogens is 358 g/mol. The second kappa shape index (κ2) is 7.20. The van der Waals surface area contributed by atoms with Gasteiger partial charge in [-0.3, -0.25) is 0 Å². The molecule has 0 fully saturated rings. The van der Waals surface area contributed by atoms with Gasteiger partial charge in [0.25, 0.3) is 0 Å². The van der Waals surface area contributed by atoms with Crippen molar-refractivity contribution in [3.63, 3.8) is 0 Å². The van der Waals surface area contributed by atoms with E-state index in [1.807, 2.05) is 84.4 Å². The molecule has 1 heterocycles. The Bertz CT molecular complexity index is 1340. The van der Waals surface area contributed by atoms with Crippen LogP contribution in [0.2, 0.25) is 0 Å². The number of nitrogens with one attached hydrogen (secondary N) is 1. The van der Waals surface area contributed by atoms with Crippen molar-refractivity contribution in [2.75, 3.05) is 5.32 Å². The lowest BCUT2D eigenvalue weighted by atomic mass is 10.1. The van der Waals surface area contributed by atoms with E-state index in [1.165, 1.54) is 0 Å². The molecule has 4 aromatic carbocycles. The Hall–Kier alpha value is -3.99. The van der Waals surface area contributed by atoms with E-state index in [9.17, 15) is 0 Å². The van der Waals surface area contributed by atoms with Crippen LogP contribution in [0.3, 0.4) is 0 Å². The molecule has 0 unspecified atom stereocenters. The van der Waals surface area contributed by atoms with Gasteiger partial charge in [0.05, 0.1) is 16.7 Å². The Morgan fingerprint density at radius 1 is 0.759 bits per heavy atom. The molecule has 0 aliphatic heterocycles. The van der Waals surface area contributed by atoms with Crippen LogP contribution in [-0.4, -0.2) is 9.55 Å². The summed E-state index contributed by atoms with van der Waals surface area (Å²) in [5, 5.41) is 14.8. The predicted octanol–water partition coefficient (Wildman–Crippen LogP) is 6.89. The van der Waals surface area contributed by atoms with Gasteiger partial charge in [-0.25, -0.2) is 4.98 Å². The van der Waals surface area contributed by atoms with Crippen molar-refractivity contribution in [3.8, 4) is 0 Å². The maximum atomic E-state index is 4.64. The van der Waals surface area contributed by atoms with E-state index in [1.54, 1.807) is 0 Å². The molecule has 1 aromatic heterocycles. The third kappa shape index (κ3) is 3.23. The molecule has 5 rings (SSSR count). The van der Waals surface area contributed by atoms with Gasteiger partial charge in [0.15, 0.2) is 0 Å². The highest BCUT2D eigenvalue weighted by atomic mass is 15.3. The minimum Gasteiger partial charge on any atom is -0.354 e. The van der Waals surface area contributed by atoms with Crippen molar-refractivity contribution in [3.05, 3.63) is 91.0 Å². The van der Waals surface area contributed by atoms with Gasteiger partial charge in [-0.1, -0.05) is 60.7 Å². The number of aryl methyl sites for hydroxylation is 1. The fourth-order valence-electron chi connectivity index (χ4n) is 3.46. The van der Waals surface area contributed by atoms with Crippen LogP contribution in [0.1, 0.15) is 0 Å². The van der Waals surface area contributed by atoms with Gasteiger partial charge in [-0.2, -0.15) is 0 Å². The van der Waals surface area contributed by atoms with Gasteiger partial charge >= 0.3 is 0 Å². The summed E-state index contributed by atoms with van der Waals surface area (Å²) in [6.07, 6.45) is 0. The highest BCUT2D eigenvalue weighted by Crippen LogP contribution is 2.37. The van der Waals surface area contributed by atoms with E-state index < -0.39 is 0 Å². The zero-order chi connectivity index (χ0) is 19.6. The van der Waals surface area contributed by atoms with Crippen molar-refractivity contribution in [1.82, 2.24) is 9.55 Å². The summed E-state index contributed by atoms with van der Waals surface area (Å²) in [6, 6.07) is 30.4. The molecule has 0 saturated heterocycles. The fraction of sp³-hybridized carbons (Fsp3) is 0.0417. The SMILES string of the molecule is Cn1c(N=Nc2c(Nc3ccccc3)ccc3ccccc23)nc2ccccc21. The minimum atomic E-state index is 0.574. The molecule has 0 bridgehead atoms. The zero-order valence-electron chi connectivity index (χ0n) is 15.9. The monoisotopic (exact) mass is 377 g/mol. The number of aromatic nitrogens is 2. The van der Waals surface area contributed by atoms with Crippen LogP contribution >= 0.6 is 0 Å². The average Bonchev–Trinajstić information content (AvgIpc) is 3.09. The molecule has 5 heteroatoms. The van der Waals surface area contributed by atoms with E-state index in [-0.39, 0.29) is 0 Å². The lowest BCUT2D eigenvalue weighted by molar-refractivity contribution is 0.922. The van der Waals surface area contributed by atoms with Gasteiger partial charge in [0.2, 0.25) is 5.95 Å². The summed E-state index contributed by atoms with van der Waals surface area (Å²) in [5.74, 6) is 0.574. The number of benzene rings is 4. The number of nitrogens with zero attached hydrogens (tertiary/aromatic N) is 4. The predicted molar refractivity (Wildman–Crippen MR) is 119 cm³/mol. The average molecular weight is 377 g/mol. The molecule has 1 N–H and O–H groups in total. The van der Waals surface area contributed by atoms with Gasteiger partial charge in [0, 0.05) is 18.1 Å². The molecule has 0 radical (unpaired) electrons. The van der Waals surface area contributed by atoms with Crippen molar-refractivity contribution < 1.29 is 0 Å². The highest BCUT2D eigenvalue weighted by molar-refractivity contribution is 5.99. The largest absolute Gasteiger partial charge is 0.354 e. The Balaban J connectivity index is 1.62. The second-order valence-corrected chi connectivity index (χ2v) is 6.83. The van der Waals surface area contributed by atoms with Crippen molar-refractivity contribution in [1.29, 1.82) is 0 Å².